The van der Waals surface area contributed by atoms with Crippen LogP contribution >= 0.6 is 0 Å². The second-order valence-electron chi connectivity index (χ2n) is 7.57. The van der Waals surface area contributed by atoms with Gasteiger partial charge in [-0.05, 0) is 53.9 Å². The Kier molecular flexibility index (Phi) is 3.12. The third-order valence-corrected chi connectivity index (χ3v) is 6.56. The molecule has 26 heavy (non-hydrogen) atoms. The molecule has 5 rings (SSSR count). The fourth-order valence-corrected chi connectivity index (χ4v) is 5.23. The van der Waals surface area contributed by atoms with Crippen LogP contribution in [0.25, 0.3) is 0 Å². The van der Waals surface area contributed by atoms with Gasteiger partial charge in [0, 0.05) is 0 Å². The van der Waals surface area contributed by atoms with Gasteiger partial charge >= 0.3 is 0 Å². The van der Waals surface area contributed by atoms with E-state index >= 15 is 0 Å². The lowest BCUT2D eigenvalue weighted by Crippen LogP contribution is -2.30. The molecule has 2 bridgehead atoms. The average Bonchev–Trinajstić information content (AvgIpc) is 3.26. The van der Waals surface area contributed by atoms with E-state index in [1.165, 1.54) is 6.21 Å². The van der Waals surface area contributed by atoms with Crippen molar-refractivity contribution in [1.29, 1.82) is 0 Å². The van der Waals surface area contributed by atoms with Gasteiger partial charge in [-0.1, -0.05) is 12.2 Å². The zero-order valence-corrected chi connectivity index (χ0v) is 14.7. The molecule has 1 saturated heterocycles. The van der Waals surface area contributed by atoms with Gasteiger partial charge in [0.15, 0.2) is 11.5 Å². The van der Waals surface area contributed by atoms with Crippen LogP contribution in [0.3, 0.4) is 0 Å². The maximum Gasteiger partial charge on any atom is 0.254 e. The zero-order valence-electron chi connectivity index (χ0n) is 14.7. The first-order valence-electron chi connectivity index (χ1n) is 8.93. The third-order valence-electron chi connectivity index (χ3n) is 6.56. The second kappa shape index (κ2) is 5.19. The van der Waals surface area contributed by atoms with E-state index in [2.05, 4.69) is 17.3 Å². The summed E-state index contributed by atoms with van der Waals surface area (Å²) >= 11 is 0. The molecule has 2 amide bonds. The summed E-state index contributed by atoms with van der Waals surface area (Å²) in [5, 5.41) is 5.30. The molecule has 3 fully saturated rings. The summed E-state index contributed by atoms with van der Waals surface area (Å²) in [4.78, 5) is 25.7. The lowest BCUT2D eigenvalue weighted by molar-refractivity contribution is -0.141. The molecule has 0 N–H and O–H groups in total. The highest BCUT2D eigenvalue weighted by atomic mass is 16.5. The number of hydrazone groups is 1. The molecule has 134 valence electrons. The molecule has 1 spiro atoms. The molecule has 0 radical (unpaired) electrons. The molecule has 6 nitrogen and oxygen atoms in total. The first-order chi connectivity index (χ1) is 12.6. The summed E-state index contributed by atoms with van der Waals surface area (Å²) < 4.78 is 10.5. The second-order valence-corrected chi connectivity index (χ2v) is 7.57. The first-order valence-corrected chi connectivity index (χ1v) is 8.93. The maximum atomic E-state index is 12.9. The number of methoxy groups -OCH3 is 2. The van der Waals surface area contributed by atoms with Crippen LogP contribution < -0.4 is 9.47 Å². The van der Waals surface area contributed by atoms with Gasteiger partial charge in [-0.25, -0.2) is 0 Å². The number of rotatable bonds is 4. The van der Waals surface area contributed by atoms with Crippen molar-refractivity contribution in [3.63, 3.8) is 0 Å². The standard InChI is InChI=1S/C20H20N2O4/c1-25-14-6-3-11(9-15(14)26-2)10-21-22-18(23)16-12-4-5-13(17(16)19(22)24)20(12)7-8-20/h3-6,9-10,12-13,16-17H,7-8H2,1-2H3/b21-10-/t12-,13-,16+,17+/m1/s1. The number of nitrogens with zero attached hydrogens (tertiary/aromatic N) is 2. The monoisotopic (exact) mass is 352 g/mol. The molecule has 1 aromatic carbocycles. The summed E-state index contributed by atoms with van der Waals surface area (Å²) in [6, 6.07) is 5.34. The van der Waals surface area contributed by atoms with Gasteiger partial charge < -0.3 is 9.47 Å². The molecule has 1 aliphatic heterocycles. The molecule has 6 heteroatoms. The number of ether oxygens (including phenoxy) is 2. The van der Waals surface area contributed by atoms with E-state index in [0.29, 0.717) is 11.5 Å². The summed E-state index contributed by atoms with van der Waals surface area (Å²) in [5.74, 6) is 0.880. The highest BCUT2D eigenvalue weighted by Crippen LogP contribution is 2.73. The molecule has 4 aliphatic rings. The van der Waals surface area contributed by atoms with Crippen molar-refractivity contribution >= 4 is 18.0 Å². The van der Waals surface area contributed by atoms with Crippen LogP contribution in [0.1, 0.15) is 18.4 Å². The van der Waals surface area contributed by atoms with E-state index in [9.17, 15) is 9.59 Å². The molecule has 4 atom stereocenters. The molecule has 1 heterocycles. The molecular weight excluding hydrogens is 332 g/mol. The fraction of sp³-hybridized carbons (Fsp3) is 0.450. The Morgan fingerprint density at radius 2 is 1.65 bits per heavy atom. The number of fused-ring (bicyclic) bond motifs is 3. The highest BCUT2D eigenvalue weighted by molar-refractivity contribution is 6.07. The van der Waals surface area contributed by atoms with E-state index in [-0.39, 0.29) is 40.9 Å². The number of benzene rings is 1. The fourth-order valence-electron chi connectivity index (χ4n) is 5.23. The van der Waals surface area contributed by atoms with Crippen LogP contribution in [0, 0.1) is 29.1 Å². The molecule has 2 saturated carbocycles. The quantitative estimate of drug-likeness (QED) is 0.473. The van der Waals surface area contributed by atoms with Crippen LogP contribution in [0.4, 0.5) is 0 Å². The van der Waals surface area contributed by atoms with Crippen molar-refractivity contribution in [2.24, 2.45) is 34.2 Å². The molecule has 0 unspecified atom stereocenters. The van der Waals surface area contributed by atoms with E-state index in [0.717, 1.165) is 23.4 Å². The van der Waals surface area contributed by atoms with E-state index in [1.54, 1.807) is 32.4 Å². The Morgan fingerprint density at radius 1 is 1.04 bits per heavy atom. The van der Waals surface area contributed by atoms with E-state index < -0.39 is 0 Å². The van der Waals surface area contributed by atoms with E-state index in [4.69, 9.17) is 9.47 Å². The number of imide groups is 1. The van der Waals surface area contributed by atoms with Crippen molar-refractivity contribution < 1.29 is 19.1 Å². The van der Waals surface area contributed by atoms with Crippen LogP contribution in [0.2, 0.25) is 0 Å². The minimum Gasteiger partial charge on any atom is -0.493 e. The molecule has 0 aromatic heterocycles. The summed E-state index contributed by atoms with van der Waals surface area (Å²) in [5.41, 5.74) is 0.944. The van der Waals surface area contributed by atoms with Gasteiger partial charge in [-0.2, -0.15) is 10.1 Å². The average molecular weight is 352 g/mol. The SMILES string of the molecule is COc1ccc(/C=N\N2C(=O)[C@@H]3[C@@H](C2=O)[C@H]2C=C[C@H]3C23CC3)cc1OC. The Balaban J connectivity index is 1.40. The number of carbonyl (C=O) groups is 2. The Morgan fingerprint density at radius 3 is 2.19 bits per heavy atom. The molecule has 3 aliphatic carbocycles. The number of hydrogen-bond acceptors (Lipinski definition) is 5. The third kappa shape index (κ3) is 1.84. The topological polar surface area (TPSA) is 68.2 Å². The minimum atomic E-state index is -0.220. The highest BCUT2D eigenvalue weighted by Gasteiger charge is 2.73. The summed E-state index contributed by atoms with van der Waals surface area (Å²) in [6.07, 6.45) is 8.12. The Labute approximate surface area is 151 Å². The zero-order chi connectivity index (χ0) is 18.1. The molecule has 1 aromatic rings. The van der Waals surface area contributed by atoms with Crippen LogP contribution in [0.5, 0.6) is 11.5 Å². The largest absolute Gasteiger partial charge is 0.493 e. The lowest BCUT2D eigenvalue weighted by Gasteiger charge is -2.18. The van der Waals surface area contributed by atoms with Crippen molar-refractivity contribution in [3.05, 3.63) is 35.9 Å². The van der Waals surface area contributed by atoms with Gasteiger partial charge in [0.1, 0.15) is 0 Å². The Bertz CT molecular complexity index is 837. The van der Waals surface area contributed by atoms with Gasteiger partial charge in [-0.15, -0.1) is 0 Å². The van der Waals surface area contributed by atoms with Crippen molar-refractivity contribution in [3.8, 4) is 11.5 Å². The summed E-state index contributed by atoms with van der Waals surface area (Å²) in [6.45, 7) is 0. The lowest BCUT2D eigenvalue weighted by atomic mass is 9.85. The van der Waals surface area contributed by atoms with Gasteiger partial charge in [0.25, 0.3) is 11.8 Å². The normalized spacial score (nSPS) is 32.8. The number of allylic oxidation sites excluding steroid dienone is 2. The number of amides is 2. The molecular formula is C20H20N2O4. The van der Waals surface area contributed by atoms with Gasteiger partial charge in [0.2, 0.25) is 0 Å². The maximum absolute atomic E-state index is 12.9. The number of carbonyl (C=O) groups excluding carboxylic acids is 2. The van der Waals surface area contributed by atoms with Crippen LogP contribution in [-0.4, -0.2) is 37.3 Å². The van der Waals surface area contributed by atoms with Crippen molar-refractivity contribution in [2.75, 3.05) is 14.2 Å². The predicted molar refractivity (Wildman–Crippen MR) is 93.8 cm³/mol. The van der Waals surface area contributed by atoms with Gasteiger partial charge in [0.05, 0.1) is 32.3 Å². The minimum absolute atomic E-state index is 0.153. The first kappa shape index (κ1) is 15.6. The number of hydrogen-bond donors (Lipinski definition) is 0. The predicted octanol–water partition coefficient (Wildman–Crippen LogP) is 2.23. The summed E-state index contributed by atoms with van der Waals surface area (Å²) in [7, 11) is 3.13. The van der Waals surface area contributed by atoms with Crippen molar-refractivity contribution in [1.82, 2.24) is 5.01 Å². The van der Waals surface area contributed by atoms with Crippen LogP contribution in [-0.2, 0) is 9.59 Å². The smallest absolute Gasteiger partial charge is 0.254 e. The van der Waals surface area contributed by atoms with Gasteiger partial charge in [-0.3, -0.25) is 9.59 Å². The van der Waals surface area contributed by atoms with Crippen LogP contribution in [0.15, 0.2) is 35.5 Å². The Hall–Kier alpha value is -2.63. The van der Waals surface area contributed by atoms with E-state index in [1.807, 2.05) is 0 Å². The van der Waals surface area contributed by atoms with Crippen molar-refractivity contribution in [2.45, 2.75) is 12.8 Å².